The van der Waals surface area contributed by atoms with Crippen LogP contribution >= 0.6 is 0 Å². The number of ketones is 1. The van der Waals surface area contributed by atoms with Crippen LogP contribution in [0.2, 0.25) is 0 Å². The second kappa shape index (κ2) is 10.4. The number of likely N-dealkylation sites (tertiary alicyclic amines) is 1. The molecule has 1 unspecified atom stereocenters. The average Bonchev–Trinajstić information content (AvgIpc) is 3.06. The third-order valence-corrected chi connectivity index (χ3v) is 5.49. The van der Waals surface area contributed by atoms with Crippen LogP contribution in [0.1, 0.15) is 24.1 Å². The van der Waals surface area contributed by atoms with Crippen molar-refractivity contribution in [3.63, 3.8) is 0 Å². The quantitative estimate of drug-likeness (QED) is 0.354. The Morgan fingerprint density at radius 2 is 1.76 bits per heavy atom. The predicted molar refractivity (Wildman–Crippen MR) is 125 cm³/mol. The zero-order valence-corrected chi connectivity index (χ0v) is 19.6. The van der Waals surface area contributed by atoms with E-state index in [1.165, 1.54) is 19.1 Å². The molecule has 0 aromatic heterocycles. The van der Waals surface area contributed by atoms with E-state index in [0.29, 0.717) is 48.1 Å². The highest BCUT2D eigenvalue weighted by Crippen LogP contribution is 2.45. The van der Waals surface area contributed by atoms with Crippen molar-refractivity contribution >= 4 is 17.4 Å². The second-order valence-electron chi connectivity index (χ2n) is 7.84. The van der Waals surface area contributed by atoms with Gasteiger partial charge in [-0.15, -0.1) is 0 Å². The molecule has 1 aliphatic rings. The van der Waals surface area contributed by atoms with Gasteiger partial charge in [0.2, 0.25) is 0 Å². The molecule has 1 amide bonds. The lowest BCUT2D eigenvalue weighted by molar-refractivity contribution is -0.140. The standard InChI is InChI=1S/C25H30N2O6/c1-6-33-17-12-10-16(11-13-17)22(28)20-21(18-8-7-9-19(31-4)24(18)32-5)27(15-14-26(2)3)25(30)23(20)29/h7-13,21,28H,6,14-15H2,1-5H3/b22-20-. The Balaban J connectivity index is 2.19. The molecule has 0 saturated carbocycles. The third-order valence-electron chi connectivity index (χ3n) is 5.49. The summed E-state index contributed by atoms with van der Waals surface area (Å²) in [4.78, 5) is 29.6. The first-order valence-electron chi connectivity index (χ1n) is 10.7. The summed E-state index contributed by atoms with van der Waals surface area (Å²) in [5, 5.41) is 11.2. The van der Waals surface area contributed by atoms with Crippen LogP contribution in [0.25, 0.3) is 5.76 Å². The lowest BCUT2D eigenvalue weighted by Gasteiger charge is -2.28. The number of benzene rings is 2. The number of likely N-dealkylation sites (N-methyl/N-ethyl adjacent to an activating group) is 1. The van der Waals surface area contributed by atoms with Gasteiger partial charge in [0.15, 0.2) is 11.5 Å². The van der Waals surface area contributed by atoms with Gasteiger partial charge < -0.3 is 29.1 Å². The van der Waals surface area contributed by atoms with Gasteiger partial charge in [0, 0.05) is 24.2 Å². The van der Waals surface area contributed by atoms with Crippen molar-refractivity contribution < 1.29 is 28.9 Å². The second-order valence-corrected chi connectivity index (χ2v) is 7.84. The molecule has 1 aliphatic heterocycles. The highest BCUT2D eigenvalue weighted by atomic mass is 16.5. The van der Waals surface area contributed by atoms with E-state index < -0.39 is 17.7 Å². The summed E-state index contributed by atoms with van der Waals surface area (Å²) in [5.74, 6) is -0.145. The van der Waals surface area contributed by atoms with Crippen molar-refractivity contribution in [2.75, 3.05) is 48.0 Å². The van der Waals surface area contributed by atoms with Gasteiger partial charge in [0.1, 0.15) is 11.5 Å². The van der Waals surface area contributed by atoms with Crippen LogP contribution in [0.5, 0.6) is 17.2 Å². The maximum Gasteiger partial charge on any atom is 0.295 e. The molecule has 2 aromatic carbocycles. The van der Waals surface area contributed by atoms with Crippen LogP contribution in [-0.2, 0) is 9.59 Å². The Bertz CT molecular complexity index is 1050. The van der Waals surface area contributed by atoms with Crippen molar-refractivity contribution in [1.29, 1.82) is 0 Å². The summed E-state index contributed by atoms with van der Waals surface area (Å²) in [7, 11) is 6.79. The van der Waals surface area contributed by atoms with Crippen molar-refractivity contribution in [1.82, 2.24) is 9.80 Å². The lowest BCUT2D eigenvalue weighted by atomic mass is 9.94. The molecule has 0 aliphatic carbocycles. The molecule has 1 atom stereocenters. The molecule has 0 radical (unpaired) electrons. The zero-order valence-electron chi connectivity index (χ0n) is 19.6. The Morgan fingerprint density at radius 3 is 2.33 bits per heavy atom. The van der Waals surface area contributed by atoms with Crippen LogP contribution in [0.4, 0.5) is 0 Å². The number of methoxy groups -OCH3 is 2. The summed E-state index contributed by atoms with van der Waals surface area (Å²) in [6.45, 7) is 3.23. The van der Waals surface area contributed by atoms with Crippen molar-refractivity contribution in [3.05, 3.63) is 59.2 Å². The first-order chi connectivity index (χ1) is 15.8. The molecule has 1 heterocycles. The van der Waals surface area contributed by atoms with E-state index in [4.69, 9.17) is 14.2 Å². The zero-order chi connectivity index (χ0) is 24.1. The summed E-state index contributed by atoms with van der Waals surface area (Å²) >= 11 is 0. The number of amides is 1. The molecule has 176 valence electrons. The van der Waals surface area contributed by atoms with E-state index in [1.807, 2.05) is 25.9 Å². The van der Waals surface area contributed by atoms with E-state index >= 15 is 0 Å². The minimum absolute atomic E-state index is 0.00877. The maximum absolute atomic E-state index is 13.2. The first-order valence-corrected chi connectivity index (χ1v) is 10.7. The molecule has 1 fully saturated rings. The largest absolute Gasteiger partial charge is 0.507 e. The predicted octanol–water partition coefficient (Wildman–Crippen LogP) is 3.09. The average molecular weight is 455 g/mol. The van der Waals surface area contributed by atoms with Crippen LogP contribution in [-0.4, -0.2) is 74.6 Å². The number of carbonyl (C=O) groups excluding carboxylic acids is 2. The van der Waals surface area contributed by atoms with Gasteiger partial charge in [-0.1, -0.05) is 12.1 Å². The Labute approximate surface area is 194 Å². The van der Waals surface area contributed by atoms with Gasteiger partial charge in [0.25, 0.3) is 11.7 Å². The Morgan fingerprint density at radius 1 is 1.06 bits per heavy atom. The number of carbonyl (C=O) groups is 2. The summed E-state index contributed by atoms with van der Waals surface area (Å²) in [5.41, 5.74) is 0.979. The Kier molecular flexibility index (Phi) is 7.60. The van der Waals surface area contributed by atoms with Crippen LogP contribution in [0.3, 0.4) is 0 Å². The summed E-state index contributed by atoms with van der Waals surface area (Å²) in [6.07, 6.45) is 0. The number of hydrogen-bond donors (Lipinski definition) is 1. The van der Waals surface area contributed by atoms with E-state index in [2.05, 4.69) is 0 Å². The molecule has 0 bridgehead atoms. The fraction of sp³-hybridized carbons (Fsp3) is 0.360. The van der Waals surface area contributed by atoms with Crippen molar-refractivity contribution in [2.24, 2.45) is 0 Å². The van der Waals surface area contributed by atoms with Gasteiger partial charge in [-0.2, -0.15) is 0 Å². The number of nitrogens with zero attached hydrogens (tertiary/aromatic N) is 2. The number of aliphatic hydroxyl groups is 1. The van der Waals surface area contributed by atoms with E-state index in [-0.39, 0.29) is 11.3 Å². The van der Waals surface area contributed by atoms with Gasteiger partial charge in [-0.25, -0.2) is 0 Å². The minimum Gasteiger partial charge on any atom is -0.507 e. The van der Waals surface area contributed by atoms with E-state index in [9.17, 15) is 14.7 Å². The SMILES string of the molecule is CCOc1ccc(/C(O)=C2/C(=O)C(=O)N(CCN(C)C)C2c2cccc(OC)c2OC)cc1. The minimum atomic E-state index is -0.832. The summed E-state index contributed by atoms with van der Waals surface area (Å²) in [6, 6.07) is 11.2. The number of aliphatic hydroxyl groups excluding tert-OH is 1. The number of Topliss-reactive ketones (excluding diaryl/α,β-unsaturated/α-hetero) is 1. The van der Waals surface area contributed by atoms with E-state index in [1.54, 1.807) is 42.5 Å². The third kappa shape index (κ3) is 4.80. The molecule has 2 aromatic rings. The van der Waals surface area contributed by atoms with Crippen molar-refractivity contribution in [2.45, 2.75) is 13.0 Å². The molecule has 8 nitrogen and oxygen atoms in total. The molecule has 3 rings (SSSR count). The van der Waals surface area contributed by atoms with Crippen LogP contribution in [0, 0.1) is 0 Å². The molecule has 8 heteroatoms. The fourth-order valence-electron chi connectivity index (χ4n) is 3.90. The van der Waals surface area contributed by atoms with E-state index in [0.717, 1.165) is 0 Å². The number of para-hydroxylation sites is 1. The molecular weight excluding hydrogens is 424 g/mol. The molecule has 33 heavy (non-hydrogen) atoms. The van der Waals surface area contributed by atoms with Crippen molar-refractivity contribution in [3.8, 4) is 17.2 Å². The normalized spacial score (nSPS) is 17.5. The number of hydrogen-bond acceptors (Lipinski definition) is 7. The topological polar surface area (TPSA) is 88.5 Å². The molecule has 1 saturated heterocycles. The van der Waals surface area contributed by atoms with Gasteiger partial charge in [0.05, 0.1) is 32.4 Å². The van der Waals surface area contributed by atoms with Gasteiger partial charge >= 0.3 is 0 Å². The maximum atomic E-state index is 13.2. The molecule has 1 N–H and O–H groups in total. The fourth-order valence-corrected chi connectivity index (χ4v) is 3.90. The molecule has 0 spiro atoms. The van der Waals surface area contributed by atoms with Gasteiger partial charge in [-0.05, 0) is 51.4 Å². The Hall–Kier alpha value is -3.52. The van der Waals surface area contributed by atoms with Gasteiger partial charge in [-0.3, -0.25) is 9.59 Å². The first kappa shape index (κ1) is 24.1. The van der Waals surface area contributed by atoms with Crippen LogP contribution in [0.15, 0.2) is 48.0 Å². The number of rotatable bonds is 9. The smallest absolute Gasteiger partial charge is 0.295 e. The highest BCUT2D eigenvalue weighted by molar-refractivity contribution is 6.46. The molecular formula is C25H30N2O6. The number of ether oxygens (including phenoxy) is 3. The lowest BCUT2D eigenvalue weighted by Crippen LogP contribution is -2.35. The van der Waals surface area contributed by atoms with Crippen LogP contribution < -0.4 is 14.2 Å². The summed E-state index contributed by atoms with van der Waals surface area (Å²) < 4.78 is 16.5. The monoisotopic (exact) mass is 454 g/mol. The highest BCUT2D eigenvalue weighted by Gasteiger charge is 2.47.